The Kier molecular flexibility index (Phi) is 3.14. The second-order valence-electron chi connectivity index (χ2n) is 5.60. The molecule has 3 atom stereocenters. The molecule has 0 radical (unpaired) electrons. The van der Waals surface area contributed by atoms with Gasteiger partial charge in [-0.05, 0) is 38.3 Å². The van der Waals surface area contributed by atoms with Crippen LogP contribution in [0.5, 0.6) is 0 Å². The third-order valence-electron chi connectivity index (χ3n) is 4.48. The summed E-state index contributed by atoms with van der Waals surface area (Å²) >= 11 is 0. The van der Waals surface area contributed by atoms with E-state index in [0.717, 1.165) is 24.2 Å². The highest BCUT2D eigenvalue weighted by Gasteiger charge is 2.34. The van der Waals surface area contributed by atoms with Crippen molar-refractivity contribution in [2.24, 2.45) is 5.92 Å². The minimum absolute atomic E-state index is 0.203. The third kappa shape index (κ3) is 2.30. The SMILES string of the molecule is Cc1c(NC2CCN3CCC2C3)cccc1[N+](=O)[O-]. The molecule has 0 saturated carbocycles. The van der Waals surface area contributed by atoms with E-state index in [1.165, 1.54) is 19.5 Å². The van der Waals surface area contributed by atoms with Gasteiger partial charge in [-0.25, -0.2) is 0 Å². The summed E-state index contributed by atoms with van der Waals surface area (Å²) in [6.07, 6.45) is 2.37. The molecule has 0 amide bonds. The van der Waals surface area contributed by atoms with Crippen molar-refractivity contribution in [2.45, 2.75) is 25.8 Å². The molecule has 2 aliphatic rings. The smallest absolute Gasteiger partial charge is 0.274 e. The van der Waals surface area contributed by atoms with Gasteiger partial charge in [-0.2, -0.15) is 0 Å². The number of anilines is 1. The van der Waals surface area contributed by atoms with Crippen molar-refractivity contribution in [1.82, 2.24) is 4.90 Å². The minimum Gasteiger partial charge on any atom is -0.382 e. The van der Waals surface area contributed by atoms with Crippen LogP contribution in [0.3, 0.4) is 0 Å². The van der Waals surface area contributed by atoms with E-state index in [0.29, 0.717) is 12.0 Å². The monoisotopic (exact) mass is 261 g/mol. The van der Waals surface area contributed by atoms with Crippen LogP contribution in [0.25, 0.3) is 0 Å². The molecule has 2 bridgehead atoms. The number of nitro benzene ring substituents is 1. The summed E-state index contributed by atoms with van der Waals surface area (Å²) in [6, 6.07) is 5.74. The van der Waals surface area contributed by atoms with Crippen LogP contribution >= 0.6 is 0 Å². The molecule has 0 aliphatic carbocycles. The Labute approximate surface area is 112 Å². The van der Waals surface area contributed by atoms with Crippen molar-refractivity contribution in [3.8, 4) is 0 Å². The summed E-state index contributed by atoms with van der Waals surface area (Å²) in [5, 5.41) is 14.5. The molecule has 2 fully saturated rings. The molecule has 0 spiro atoms. The molecule has 3 unspecified atom stereocenters. The van der Waals surface area contributed by atoms with Crippen LogP contribution in [0.15, 0.2) is 18.2 Å². The van der Waals surface area contributed by atoms with Crippen LogP contribution in [-0.2, 0) is 0 Å². The van der Waals surface area contributed by atoms with E-state index in [2.05, 4.69) is 10.2 Å². The van der Waals surface area contributed by atoms with Crippen LogP contribution in [-0.4, -0.2) is 35.5 Å². The number of nitrogens with one attached hydrogen (secondary N) is 1. The van der Waals surface area contributed by atoms with Gasteiger partial charge in [-0.3, -0.25) is 10.1 Å². The predicted molar refractivity (Wildman–Crippen MR) is 74.4 cm³/mol. The lowest BCUT2D eigenvalue weighted by molar-refractivity contribution is -0.385. The number of hydrogen-bond acceptors (Lipinski definition) is 4. The predicted octanol–water partition coefficient (Wildman–Crippen LogP) is 2.41. The molecule has 5 nitrogen and oxygen atoms in total. The van der Waals surface area contributed by atoms with Crippen molar-refractivity contribution in [3.63, 3.8) is 0 Å². The fourth-order valence-corrected chi connectivity index (χ4v) is 3.32. The third-order valence-corrected chi connectivity index (χ3v) is 4.48. The van der Waals surface area contributed by atoms with E-state index < -0.39 is 0 Å². The molecule has 0 aromatic heterocycles. The molecule has 2 heterocycles. The molecule has 3 rings (SSSR count). The van der Waals surface area contributed by atoms with Gasteiger partial charge in [0.15, 0.2) is 0 Å². The molecule has 102 valence electrons. The maximum absolute atomic E-state index is 11.0. The molecule has 1 N–H and O–H groups in total. The van der Waals surface area contributed by atoms with Crippen molar-refractivity contribution < 1.29 is 4.92 Å². The van der Waals surface area contributed by atoms with Crippen molar-refractivity contribution in [2.75, 3.05) is 25.0 Å². The van der Waals surface area contributed by atoms with Gasteiger partial charge in [-0.15, -0.1) is 0 Å². The van der Waals surface area contributed by atoms with E-state index in [4.69, 9.17) is 0 Å². The summed E-state index contributed by atoms with van der Waals surface area (Å²) in [5.74, 6) is 0.687. The standard InChI is InChI=1S/C14H19N3O2/c1-10-12(3-2-4-14(10)17(18)19)15-13-6-8-16-7-5-11(13)9-16/h2-4,11,13,15H,5-9H2,1H3. The first kappa shape index (κ1) is 12.4. The van der Waals surface area contributed by atoms with Crippen LogP contribution in [0, 0.1) is 23.0 Å². The number of nitro groups is 1. The lowest BCUT2D eigenvalue weighted by atomic mass is 9.93. The van der Waals surface area contributed by atoms with E-state index in [9.17, 15) is 10.1 Å². The second kappa shape index (κ2) is 4.81. The maximum Gasteiger partial charge on any atom is 0.274 e. The van der Waals surface area contributed by atoms with Crippen LogP contribution in [0.1, 0.15) is 18.4 Å². The van der Waals surface area contributed by atoms with Gasteiger partial charge in [0.1, 0.15) is 0 Å². The summed E-state index contributed by atoms with van der Waals surface area (Å²) in [4.78, 5) is 13.2. The highest BCUT2D eigenvalue weighted by Crippen LogP contribution is 2.32. The first-order valence-corrected chi connectivity index (χ1v) is 6.88. The van der Waals surface area contributed by atoms with Gasteiger partial charge in [0.2, 0.25) is 0 Å². The molecule has 19 heavy (non-hydrogen) atoms. The topological polar surface area (TPSA) is 58.4 Å². The van der Waals surface area contributed by atoms with Crippen molar-refractivity contribution in [1.29, 1.82) is 0 Å². The Hall–Kier alpha value is -1.62. The highest BCUT2D eigenvalue weighted by atomic mass is 16.6. The molecular weight excluding hydrogens is 242 g/mol. The molecule has 1 aromatic rings. The molecule has 2 aliphatic heterocycles. The summed E-state index contributed by atoms with van der Waals surface area (Å²) in [6.45, 7) is 5.34. The molecule has 2 saturated heterocycles. The van der Waals surface area contributed by atoms with E-state index in [-0.39, 0.29) is 10.6 Å². The van der Waals surface area contributed by atoms with Gasteiger partial charge in [0.25, 0.3) is 5.69 Å². The largest absolute Gasteiger partial charge is 0.382 e. The average Bonchev–Trinajstić information content (AvgIpc) is 2.77. The summed E-state index contributed by atoms with van der Waals surface area (Å²) in [7, 11) is 0. The quantitative estimate of drug-likeness (QED) is 0.670. The van der Waals surface area contributed by atoms with Crippen LogP contribution in [0.4, 0.5) is 11.4 Å². The van der Waals surface area contributed by atoms with Crippen LogP contribution < -0.4 is 5.32 Å². The lowest BCUT2D eigenvalue weighted by Crippen LogP contribution is -2.39. The van der Waals surface area contributed by atoms with Gasteiger partial charge in [-0.1, -0.05) is 6.07 Å². The van der Waals surface area contributed by atoms with Gasteiger partial charge < -0.3 is 10.2 Å². The van der Waals surface area contributed by atoms with Crippen molar-refractivity contribution in [3.05, 3.63) is 33.9 Å². The normalized spacial score (nSPS) is 29.2. The first-order chi connectivity index (χ1) is 9.15. The molecule has 1 aromatic carbocycles. The Morgan fingerprint density at radius 2 is 2.16 bits per heavy atom. The van der Waals surface area contributed by atoms with Gasteiger partial charge in [0.05, 0.1) is 4.92 Å². The first-order valence-electron chi connectivity index (χ1n) is 6.88. The maximum atomic E-state index is 11.0. The number of benzene rings is 1. The highest BCUT2D eigenvalue weighted by molar-refractivity contribution is 5.60. The Morgan fingerprint density at radius 3 is 2.95 bits per heavy atom. The Bertz CT molecular complexity index is 503. The zero-order chi connectivity index (χ0) is 13.4. The number of hydrogen-bond donors (Lipinski definition) is 1. The van der Waals surface area contributed by atoms with E-state index in [1.807, 2.05) is 13.0 Å². The molecule has 5 heteroatoms. The fourth-order valence-electron chi connectivity index (χ4n) is 3.32. The van der Waals surface area contributed by atoms with Crippen LogP contribution in [0.2, 0.25) is 0 Å². The zero-order valence-electron chi connectivity index (χ0n) is 11.1. The fraction of sp³-hybridized carbons (Fsp3) is 0.571. The van der Waals surface area contributed by atoms with E-state index in [1.54, 1.807) is 12.1 Å². The summed E-state index contributed by atoms with van der Waals surface area (Å²) in [5.41, 5.74) is 1.86. The molecular formula is C14H19N3O2. The van der Waals surface area contributed by atoms with Gasteiger partial charge >= 0.3 is 0 Å². The van der Waals surface area contributed by atoms with E-state index >= 15 is 0 Å². The van der Waals surface area contributed by atoms with Crippen molar-refractivity contribution >= 4 is 11.4 Å². The Morgan fingerprint density at radius 1 is 1.37 bits per heavy atom. The number of nitrogens with zero attached hydrogens (tertiary/aromatic N) is 2. The lowest BCUT2D eigenvalue weighted by Gasteiger charge is -2.32. The summed E-state index contributed by atoms with van der Waals surface area (Å²) < 4.78 is 0. The number of fused-ring (bicyclic) bond motifs is 2. The number of piperidine rings is 1. The number of rotatable bonds is 3. The second-order valence-corrected chi connectivity index (χ2v) is 5.60. The van der Waals surface area contributed by atoms with Gasteiger partial charge in [0, 0.05) is 36.4 Å². The average molecular weight is 261 g/mol. The minimum atomic E-state index is -0.307. The Balaban J connectivity index is 1.79. The zero-order valence-corrected chi connectivity index (χ0v) is 11.1.